The molecule has 0 aromatic rings. The third-order valence-corrected chi connectivity index (χ3v) is 7.10. The van der Waals surface area contributed by atoms with Gasteiger partial charge in [-0.25, -0.2) is 9.11 Å². The van der Waals surface area contributed by atoms with Crippen LogP contribution in [0.15, 0.2) is 24.0 Å². The molecule has 2 aliphatic rings. The molecule has 0 aromatic carbocycles. The largest absolute Gasteiger partial charge is 0.790 e. The van der Waals surface area contributed by atoms with Crippen LogP contribution in [0.2, 0.25) is 0 Å². The molecule has 1 fully saturated rings. The smallest absolute Gasteiger partial charge is 0.323 e. The Kier molecular flexibility index (Phi) is 7.25. The fraction of sp³-hybridized carbons (Fsp3) is 0.500. The van der Waals surface area contributed by atoms with Gasteiger partial charge in [0.1, 0.15) is 24.4 Å². The van der Waals surface area contributed by atoms with Crippen LogP contribution in [-0.4, -0.2) is 47.3 Å². The fourth-order valence-electron chi connectivity index (χ4n) is 2.32. The lowest BCUT2D eigenvalue weighted by Gasteiger charge is -2.37. The molecule has 2 heterocycles. The lowest BCUT2D eigenvalue weighted by Crippen LogP contribution is -2.42. The molecule has 6 atom stereocenters. The molecule has 2 amide bonds. The summed E-state index contributed by atoms with van der Waals surface area (Å²) in [5.74, 6) is 0. The minimum Gasteiger partial charge on any atom is -0.790 e. The molecular weight excluding hydrogens is 465 g/mol. The number of rotatable bonds is 8. The van der Waals surface area contributed by atoms with E-state index in [0.717, 1.165) is 6.20 Å². The van der Waals surface area contributed by atoms with Crippen LogP contribution in [0.1, 0.15) is 0 Å². The van der Waals surface area contributed by atoms with Gasteiger partial charge in [0.25, 0.3) is 15.6 Å². The average Bonchev–Trinajstić information content (AvgIpc) is 2.78. The van der Waals surface area contributed by atoms with E-state index in [4.69, 9.17) is 4.74 Å². The molecule has 1 saturated heterocycles. The summed E-state index contributed by atoms with van der Waals surface area (Å²) in [6.07, 6.45) is -5.06. The monoisotopic (exact) mass is 478 g/mol. The van der Waals surface area contributed by atoms with Crippen LogP contribution in [0.3, 0.4) is 0 Å². The van der Waals surface area contributed by atoms with E-state index < -0.39 is 60.5 Å². The first-order valence-electron chi connectivity index (χ1n) is 7.30. The predicted molar refractivity (Wildman–Crippen MR) is 80.5 cm³/mol. The van der Waals surface area contributed by atoms with Gasteiger partial charge in [-0.15, -0.1) is 0 Å². The number of phosphoric ester groups is 1. The van der Waals surface area contributed by atoms with Gasteiger partial charge >= 0.3 is 6.03 Å². The van der Waals surface area contributed by atoms with Gasteiger partial charge in [0, 0.05) is 17.5 Å². The van der Waals surface area contributed by atoms with Crippen LogP contribution >= 0.6 is 23.5 Å². The number of hydrogen-bond donors (Lipinski definition) is 4. The lowest BCUT2D eigenvalue weighted by molar-refractivity contribution is -0.339. The summed E-state index contributed by atoms with van der Waals surface area (Å²) >= 11 is 0. The Morgan fingerprint density at radius 2 is 1.72 bits per heavy atom. The molecule has 19 heteroatoms. The molecule has 166 valence electrons. The summed E-state index contributed by atoms with van der Waals surface area (Å²) < 4.78 is 48.6. The second-order valence-electron chi connectivity index (χ2n) is 5.55. The molecule has 2 rings (SSSR count). The Hall–Kier alpha value is -0.960. The maximum Gasteiger partial charge on any atom is 0.323 e. The second-order valence-corrected chi connectivity index (χ2v) is 9.80. The molecule has 0 radical (unpaired) electrons. The molecule has 0 saturated carbocycles. The lowest BCUT2D eigenvalue weighted by atomic mass is 10.00. The van der Waals surface area contributed by atoms with E-state index in [9.17, 15) is 48.3 Å². The van der Waals surface area contributed by atoms with Gasteiger partial charge in [0.15, 0.2) is 0 Å². The van der Waals surface area contributed by atoms with E-state index >= 15 is 0 Å². The van der Waals surface area contributed by atoms with Crippen LogP contribution < -0.4 is 30.2 Å². The number of urea groups is 1. The average molecular weight is 478 g/mol. The van der Waals surface area contributed by atoms with Crippen molar-refractivity contribution in [1.29, 1.82) is 0 Å². The van der Waals surface area contributed by atoms with Crippen molar-refractivity contribution in [3.63, 3.8) is 0 Å². The first kappa shape index (κ1) is 24.3. The van der Waals surface area contributed by atoms with Crippen molar-refractivity contribution in [2.75, 3.05) is 6.61 Å². The maximum absolute atomic E-state index is 11.5. The number of hydrogen-bond acceptors (Lipinski definition) is 14. The van der Waals surface area contributed by atoms with Gasteiger partial charge in [0.2, 0.25) is 0 Å². The predicted octanol–water partition coefficient (Wildman–Crippen LogP) is -4.00. The number of carbonyl (C=O) groups excluding carboxylic acids is 1. The van der Waals surface area contributed by atoms with E-state index in [-0.39, 0.29) is 11.3 Å². The second kappa shape index (κ2) is 8.65. The fourth-order valence-corrected chi connectivity index (χ4v) is 5.19. The normalized spacial score (nSPS) is 32.0. The van der Waals surface area contributed by atoms with Gasteiger partial charge in [-0.05, 0) is 0 Å². The van der Waals surface area contributed by atoms with Crippen LogP contribution in [0.5, 0.6) is 0 Å². The molecule has 0 spiro atoms. The Labute approximate surface area is 162 Å². The van der Waals surface area contributed by atoms with E-state index in [1.807, 2.05) is 0 Å². The van der Waals surface area contributed by atoms with E-state index in [2.05, 4.69) is 30.4 Å². The van der Waals surface area contributed by atoms with Crippen LogP contribution in [0, 0.1) is 0 Å². The molecule has 3 unspecified atom stereocenters. The van der Waals surface area contributed by atoms with Crippen molar-refractivity contribution in [3.8, 4) is 0 Å². The number of aliphatic hydroxyl groups excluding tert-OH is 2. The zero-order valence-corrected chi connectivity index (χ0v) is 16.6. The number of phosphoric acid groups is 3. The van der Waals surface area contributed by atoms with E-state index in [0.29, 0.717) is 0 Å². The molecule has 0 bridgehead atoms. The number of nitrogens with one attached hydrogen (secondary N) is 2. The first-order valence-corrected chi connectivity index (χ1v) is 11.7. The number of carbonyl (C=O) groups is 1. The molecule has 0 aliphatic carbocycles. The van der Waals surface area contributed by atoms with Gasteiger partial charge < -0.3 is 54.2 Å². The minimum atomic E-state index is -6.13. The molecule has 4 N–H and O–H groups in total. The van der Waals surface area contributed by atoms with Gasteiger partial charge in [-0.1, -0.05) is 6.58 Å². The van der Waals surface area contributed by atoms with Crippen molar-refractivity contribution in [3.05, 3.63) is 24.0 Å². The van der Waals surface area contributed by atoms with E-state index in [1.54, 1.807) is 0 Å². The van der Waals surface area contributed by atoms with Gasteiger partial charge in [0.05, 0.1) is 14.4 Å². The molecule has 0 aromatic heterocycles. The van der Waals surface area contributed by atoms with Crippen LogP contribution in [-0.2, 0) is 31.6 Å². The molecule has 2 aliphatic heterocycles. The summed E-state index contributed by atoms with van der Waals surface area (Å²) in [5.41, 5.74) is 0.132. The number of ether oxygens (including phenoxy) is 1. The van der Waals surface area contributed by atoms with Crippen molar-refractivity contribution >= 4 is 29.5 Å². The van der Waals surface area contributed by atoms with Gasteiger partial charge in [-0.2, -0.15) is 0 Å². The van der Waals surface area contributed by atoms with Crippen molar-refractivity contribution < 1.29 is 66.2 Å². The standard InChI is InChI=1S/C10H17N2O14P3/c1-4-5(2-11-10(15)12-4)9-8(14)7(13)6(24-9)3-23-28(19,20)26-29(21,22)25-27(16,17)18/h2,6-9,13-14H,1,3H2,(H,19,20)(H,21,22)(H2,11,12,15)(H2,16,17,18)/p-4/t6-,7+,8?,9+/m1/s1. The number of amides is 2. The molecular formula is C10H13N2O14P3-4. The molecule has 16 nitrogen and oxygen atoms in total. The Balaban J connectivity index is 2.01. The highest BCUT2D eigenvalue weighted by molar-refractivity contribution is 7.64. The summed E-state index contributed by atoms with van der Waals surface area (Å²) in [7, 11) is -18.1. The Bertz CT molecular complexity index is 853. The summed E-state index contributed by atoms with van der Waals surface area (Å²) in [5, 5.41) is 24.5. The van der Waals surface area contributed by atoms with Crippen molar-refractivity contribution in [2.45, 2.75) is 24.4 Å². The molecule has 29 heavy (non-hydrogen) atoms. The minimum absolute atomic E-state index is 0.0218. The van der Waals surface area contributed by atoms with E-state index in [1.165, 1.54) is 0 Å². The quantitative estimate of drug-likeness (QED) is 0.242. The summed E-state index contributed by atoms with van der Waals surface area (Å²) in [6.45, 7) is 2.44. The third-order valence-electron chi connectivity index (χ3n) is 3.44. The summed E-state index contributed by atoms with van der Waals surface area (Å²) in [4.78, 5) is 54.2. The van der Waals surface area contributed by atoms with Gasteiger partial charge in [-0.3, -0.25) is 13.4 Å². The van der Waals surface area contributed by atoms with Crippen molar-refractivity contribution in [2.24, 2.45) is 0 Å². The highest BCUT2D eigenvalue weighted by Crippen LogP contribution is 2.60. The first-order chi connectivity index (χ1) is 13.1. The van der Waals surface area contributed by atoms with Crippen LogP contribution in [0.25, 0.3) is 0 Å². The Morgan fingerprint density at radius 3 is 2.28 bits per heavy atom. The highest BCUT2D eigenvalue weighted by atomic mass is 31.3. The topological polar surface area (TPSA) is 262 Å². The zero-order valence-electron chi connectivity index (χ0n) is 13.9. The zero-order chi connectivity index (χ0) is 22.2. The number of aliphatic hydroxyl groups is 2. The van der Waals surface area contributed by atoms with Crippen LogP contribution in [0.4, 0.5) is 4.79 Å². The third kappa shape index (κ3) is 6.77. The Morgan fingerprint density at radius 1 is 1.10 bits per heavy atom. The van der Waals surface area contributed by atoms with Crippen molar-refractivity contribution in [1.82, 2.24) is 10.6 Å². The summed E-state index contributed by atoms with van der Waals surface area (Å²) in [6, 6.07) is -0.624. The highest BCUT2D eigenvalue weighted by Gasteiger charge is 2.46. The maximum atomic E-state index is 11.5. The SMILES string of the molecule is C=C1NC(=O)NC=C1[C@@H]1O[C@H](COP(=O)([O-])OP(=O)([O-])OP(=O)([O-])[O-])[C@H](O)C1O.